The van der Waals surface area contributed by atoms with E-state index in [0.717, 1.165) is 17.8 Å². The van der Waals surface area contributed by atoms with Crippen LogP contribution < -0.4 is 5.32 Å². The average Bonchev–Trinajstić information content (AvgIpc) is 2.82. The van der Waals surface area contributed by atoms with Crippen LogP contribution in [0.5, 0.6) is 0 Å². The molecule has 4 heteroatoms. The zero-order valence-electron chi connectivity index (χ0n) is 9.64. The van der Waals surface area contributed by atoms with Crippen molar-refractivity contribution >= 4 is 22.9 Å². The second-order valence-electron chi connectivity index (χ2n) is 3.76. The van der Waals surface area contributed by atoms with Gasteiger partial charge in [0.15, 0.2) is 0 Å². The molecule has 0 spiro atoms. The molecule has 88 valence electrons. The maximum absolute atomic E-state index is 11.7. The van der Waals surface area contributed by atoms with Crippen LogP contribution in [0.3, 0.4) is 0 Å². The average molecular weight is 246 g/mol. The second-order valence-corrected chi connectivity index (χ2v) is 4.47. The number of carbonyl (C=O) groups is 1. The lowest BCUT2D eigenvalue weighted by Crippen LogP contribution is -2.14. The summed E-state index contributed by atoms with van der Waals surface area (Å²) in [7, 11) is 0. The number of aryl methyl sites for hydroxylation is 1. The van der Waals surface area contributed by atoms with Crippen LogP contribution in [0.1, 0.15) is 18.2 Å². The topological polar surface area (TPSA) is 42.0 Å². The van der Waals surface area contributed by atoms with E-state index in [1.54, 1.807) is 5.51 Å². The molecule has 0 aliphatic heterocycles. The number of hydrogen-bond acceptors (Lipinski definition) is 3. The predicted molar refractivity (Wildman–Crippen MR) is 70.3 cm³/mol. The van der Waals surface area contributed by atoms with Crippen molar-refractivity contribution in [3.8, 4) is 0 Å². The van der Waals surface area contributed by atoms with Crippen molar-refractivity contribution in [2.75, 3.05) is 5.32 Å². The molecule has 1 aromatic heterocycles. The van der Waals surface area contributed by atoms with Gasteiger partial charge in [-0.25, -0.2) is 4.98 Å². The fourth-order valence-corrected chi connectivity index (χ4v) is 2.08. The number of rotatable bonds is 4. The first kappa shape index (κ1) is 11.8. The highest BCUT2D eigenvalue weighted by Gasteiger charge is 2.05. The van der Waals surface area contributed by atoms with Crippen LogP contribution >= 0.6 is 11.3 Å². The number of anilines is 1. The lowest BCUT2D eigenvalue weighted by atomic mass is 10.1. The minimum absolute atomic E-state index is 0.0276. The predicted octanol–water partition coefficient (Wildman–Crippen LogP) is 2.89. The van der Waals surface area contributed by atoms with Crippen molar-refractivity contribution in [1.29, 1.82) is 0 Å². The molecular formula is C13H14N2OS. The first-order chi connectivity index (χ1) is 8.28. The number of carbonyl (C=O) groups excluding carboxylic acids is 1. The number of nitrogens with zero attached hydrogens (tertiary/aromatic N) is 1. The van der Waals surface area contributed by atoms with E-state index in [2.05, 4.69) is 17.2 Å². The van der Waals surface area contributed by atoms with E-state index in [4.69, 9.17) is 0 Å². The highest BCUT2D eigenvalue weighted by molar-refractivity contribution is 7.07. The fourth-order valence-electron chi connectivity index (χ4n) is 1.52. The van der Waals surface area contributed by atoms with Crippen molar-refractivity contribution in [3.05, 3.63) is 46.4 Å². The summed E-state index contributed by atoms with van der Waals surface area (Å²) < 4.78 is 0. The number of hydrogen-bond donors (Lipinski definition) is 1. The van der Waals surface area contributed by atoms with Gasteiger partial charge in [-0.15, -0.1) is 11.3 Å². The Morgan fingerprint density at radius 2 is 2.12 bits per heavy atom. The summed E-state index contributed by atoms with van der Waals surface area (Å²) in [4.78, 5) is 15.8. The van der Waals surface area contributed by atoms with Gasteiger partial charge >= 0.3 is 0 Å². The summed E-state index contributed by atoms with van der Waals surface area (Å²) in [5.41, 5.74) is 4.65. The van der Waals surface area contributed by atoms with Gasteiger partial charge in [0.05, 0.1) is 17.6 Å². The summed E-state index contributed by atoms with van der Waals surface area (Å²) in [6.07, 6.45) is 1.34. The second kappa shape index (κ2) is 5.59. The molecule has 17 heavy (non-hydrogen) atoms. The molecule has 0 bridgehead atoms. The molecule has 0 saturated heterocycles. The Morgan fingerprint density at radius 3 is 2.71 bits per heavy atom. The maximum atomic E-state index is 11.7. The minimum Gasteiger partial charge on any atom is -0.326 e. The molecule has 0 aliphatic carbocycles. The molecule has 0 saturated carbocycles. The van der Waals surface area contributed by atoms with Crippen molar-refractivity contribution < 1.29 is 4.79 Å². The van der Waals surface area contributed by atoms with Gasteiger partial charge in [0, 0.05) is 11.1 Å². The molecule has 0 fully saturated rings. The zero-order chi connectivity index (χ0) is 12.1. The third-order valence-corrected chi connectivity index (χ3v) is 3.11. The molecule has 2 rings (SSSR count). The standard InChI is InChI=1S/C13H14N2OS/c1-2-10-3-5-11(6-4-10)15-13(16)7-12-8-17-9-14-12/h3-6,8-9H,2,7H2,1H3,(H,15,16). The van der Waals surface area contributed by atoms with Gasteiger partial charge in [-0.3, -0.25) is 4.79 Å². The van der Waals surface area contributed by atoms with E-state index in [-0.39, 0.29) is 5.91 Å². The van der Waals surface area contributed by atoms with E-state index in [1.807, 2.05) is 29.6 Å². The van der Waals surface area contributed by atoms with Gasteiger partial charge in [-0.2, -0.15) is 0 Å². The van der Waals surface area contributed by atoms with Crippen LogP contribution in [0.4, 0.5) is 5.69 Å². The lowest BCUT2D eigenvalue weighted by Gasteiger charge is -2.04. The van der Waals surface area contributed by atoms with Crippen LogP contribution in [0.25, 0.3) is 0 Å². The van der Waals surface area contributed by atoms with Crippen LogP contribution in [-0.4, -0.2) is 10.9 Å². The Labute approximate surface area is 105 Å². The van der Waals surface area contributed by atoms with Crippen LogP contribution in [0.15, 0.2) is 35.2 Å². The molecule has 0 aliphatic rings. The molecule has 2 aromatic rings. The molecule has 0 atom stereocenters. The minimum atomic E-state index is -0.0276. The van der Waals surface area contributed by atoms with Gasteiger partial charge in [-0.1, -0.05) is 19.1 Å². The molecule has 1 N–H and O–H groups in total. The summed E-state index contributed by atoms with van der Waals surface area (Å²) in [5.74, 6) is -0.0276. The molecule has 0 unspecified atom stereocenters. The molecule has 1 amide bonds. The summed E-state index contributed by atoms with van der Waals surface area (Å²) >= 11 is 1.50. The SMILES string of the molecule is CCc1ccc(NC(=O)Cc2cscn2)cc1. The number of thiazole rings is 1. The monoisotopic (exact) mass is 246 g/mol. The first-order valence-electron chi connectivity index (χ1n) is 5.54. The van der Waals surface area contributed by atoms with Crippen LogP contribution in [0, 0.1) is 0 Å². The number of benzene rings is 1. The largest absolute Gasteiger partial charge is 0.326 e. The van der Waals surface area contributed by atoms with E-state index >= 15 is 0 Å². The van der Waals surface area contributed by atoms with Crippen molar-refractivity contribution in [2.45, 2.75) is 19.8 Å². The maximum Gasteiger partial charge on any atom is 0.230 e. The molecule has 1 heterocycles. The van der Waals surface area contributed by atoms with Crippen LogP contribution in [0.2, 0.25) is 0 Å². The van der Waals surface area contributed by atoms with Gasteiger partial charge in [-0.05, 0) is 24.1 Å². The highest BCUT2D eigenvalue weighted by atomic mass is 32.1. The number of nitrogens with one attached hydrogen (secondary N) is 1. The number of aromatic nitrogens is 1. The van der Waals surface area contributed by atoms with E-state index in [9.17, 15) is 4.79 Å². The van der Waals surface area contributed by atoms with Crippen molar-refractivity contribution in [3.63, 3.8) is 0 Å². The smallest absolute Gasteiger partial charge is 0.230 e. The quantitative estimate of drug-likeness (QED) is 0.901. The third kappa shape index (κ3) is 3.39. The number of amides is 1. The Balaban J connectivity index is 1.93. The third-order valence-electron chi connectivity index (χ3n) is 2.47. The first-order valence-corrected chi connectivity index (χ1v) is 6.48. The molecule has 1 aromatic carbocycles. The molecule has 3 nitrogen and oxygen atoms in total. The van der Waals surface area contributed by atoms with Crippen LogP contribution in [-0.2, 0) is 17.6 Å². The molecule has 0 radical (unpaired) electrons. The van der Waals surface area contributed by atoms with Crippen molar-refractivity contribution in [2.24, 2.45) is 0 Å². The Kier molecular flexibility index (Phi) is 3.88. The lowest BCUT2D eigenvalue weighted by molar-refractivity contribution is -0.115. The van der Waals surface area contributed by atoms with E-state index < -0.39 is 0 Å². The molecular weight excluding hydrogens is 232 g/mol. The zero-order valence-corrected chi connectivity index (χ0v) is 10.5. The summed E-state index contributed by atoms with van der Waals surface area (Å²) in [5, 5.41) is 4.75. The van der Waals surface area contributed by atoms with Gasteiger partial charge in [0.25, 0.3) is 0 Å². The highest BCUT2D eigenvalue weighted by Crippen LogP contribution is 2.11. The summed E-state index contributed by atoms with van der Waals surface area (Å²) in [6, 6.07) is 7.91. The van der Waals surface area contributed by atoms with E-state index in [0.29, 0.717) is 6.42 Å². The van der Waals surface area contributed by atoms with E-state index in [1.165, 1.54) is 16.9 Å². The Bertz CT molecular complexity index is 477. The summed E-state index contributed by atoms with van der Waals surface area (Å²) in [6.45, 7) is 2.11. The Morgan fingerprint density at radius 1 is 1.35 bits per heavy atom. The van der Waals surface area contributed by atoms with Gasteiger partial charge < -0.3 is 5.32 Å². The Hall–Kier alpha value is -1.68. The van der Waals surface area contributed by atoms with Gasteiger partial charge in [0.2, 0.25) is 5.91 Å². The van der Waals surface area contributed by atoms with Gasteiger partial charge in [0.1, 0.15) is 0 Å². The fraction of sp³-hybridized carbons (Fsp3) is 0.231. The van der Waals surface area contributed by atoms with Crippen molar-refractivity contribution in [1.82, 2.24) is 4.98 Å². The normalized spacial score (nSPS) is 10.2.